The molecule has 0 bridgehead atoms. The molecule has 1 aromatic heterocycles. The van der Waals surface area contributed by atoms with Crippen molar-refractivity contribution < 1.29 is 0 Å². The second kappa shape index (κ2) is 4.77. The van der Waals surface area contributed by atoms with Crippen LogP contribution in [0.25, 0.3) is 0 Å². The van der Waals surface area contributed by atoms with E-state index in [2.05, 4.69) is 56.0 Å². The Morgan fingerprint density at radius 3 is 2.29 bits per heavy atom. The predicted molar refractivity (Wildman–Crippen MR) is 72.4 cm³/mol. The van der Waals surface area contributed by atoms with E-state index in [9.17, 15) is 0 Å². The second-order valence-corrected chi connectivity index (χ2v) is 6.30. The summed E-state index contributed by atoms with van der Waals surface area (Å²) in [5.41, 5.74) is 2.82. The molecular formula is C15H24N2. The highest BCUT2D eigenvalue weighted by Gasteiger charge is 2.20. The van der Waals surface area contributed by atoms with Crippen molar-refractivity contribution >= 4 is 0 Å². The maximum Gasteiger partial charge on any atom is 0.0435 e. The largest absolute Gasteiger partial charge is 0.306 e. The van der Waals surface area contributed by atoms with Crippen molar-refractivity contribution in [1.29, 1.82) is 0 Å². The number of pyridine rings is 1. The third-order valence-corrected chi connectivity index (χ3v) is 3.79. The summed E-state index contributed by atoms with van der Waals surface area (Å²) in [5.74, 6) is 0.667. The summed E-state index contributed by atoms with van der Waals surface area (Å²) in [7, 11) is 2.20. The molecule has 2 nitrogen and oxygen atoms in total. The molecule has 0 aliphatic carbocycles. The van der Waals surface area contributed by atoms with E-state index in [4.69, 9.17) is 0 Å². The molecule has 0 atom stereocenters. The van der Waals surface area contributed by atoms with Gasteiger partial charge in [0.05, 0.1) is 0 Å². The molecule has 1 aliphatic rings. The fourth-order valence-corrected chi connectivity index (χ4v) is 2.39. The van der Waals surface area contributed by atoms with Crippen LogP contribution < -0.4 is 0 Å². The number of rotatable bonds is 1. The third kappa shape index (κ3) is 3.06. The molecule has 0 unspecified atom stereocenters. The van der Waals surface area contributed by atoms with Crippen LogP contribution in [0.5, 0.6) is 0 Å². The molecule has 17 heavy (non-hydrogen) atoms. The summed E-state index contributed by atoms with van der Waals surface area (Å²) in [6, 6.07) is 4.48. The summed E-state index contributed by atoms with van der Waals surface area (Å²) in [6.45, 7) is 9.11. The van der Waals surface area contributed by atoms with Gasteiger partial charge in [0, 0.05) is 17.8 Å². The van der Waals surface area contributed by atoms with Gasteiger partial charge in [-0.2, -0.15) is 0 Å². The van der Waals surface area contributed by atoms with Gasteiger partial charge in [-0.25, -0.2) is 0 Å². The van der Waals surface area contributed by atoms with Crippen molar-refractivity contribution in [1.82, 2.24) is 9.88 Å². The first-order valence-electron chi connectivity index (χ1n) is 6.62. The highest BCUT2D eigenvalue weighted by Crippen LogP contribution is 2.28. The van der Waals surface area contributed by atoms with Crippen LogP contribution in [0, 0.1) is 0 Å². The molecule has 2 heteroatoms. The maximum atomic E-state index is 4.68. The lowest BCUT2D eigenvalue weighted by Crippen LogP contribution is -2.29. The van der Waals surface area contributed by atoms with Gasteiger partial charge in [0.25, 0.3) is 0 Å². The van der Waals surface area contributed by atoms with Crippen molar-refractivity contribution in [3.8, 4) is 0 Å². The van der Waals surface area contributed by atoms with Gasteiger partial charge in [-0.1, -0.05) is 26.8 Å². The van der Waals surface area contributed by atoms with Crippen LogP contribution in [0.15, 0.2) is 18.3 Å². The first-order valence-corrected chi connectivity index (χ1v) is 6.62. The Morgan fingerprint density at radius 2 is 1.82 bits per heavy atom. The van der Waals surface area contributed by atoms with Crippen molar-refractivity contribution in [2.24, 2.45) is 0 Å². The number of nitrogens with zero attached hydrogens (tertiary/aromatic N) is 2. The van der Waals surface area contributed by atoms with E-state index in [0.29, 0.717) is 5.92 Å². The van der Waals surface area contributed by atoms with Crippen molar-refractivity contribution in [2.75, 3.05) is 20.1 Å². The van der Waals surface area contributed by atoms with Crippen molar-refractivity contribution in [3.05, 3.63) is 29.6 Å². The summed E-state index contributed by atoms with van der Waals surface area (Å²) in [4.78, 5) is 7.08. The third-order valence-electron chi connectivity index (χ3n) is 3.79. The molecule has 0 saturated carbocycles. The molecule has 1 saturated heterocycles. The van der Waals surface area contributed by atoms with E-state index >= 15 is 0 Å². The minimum Gasteiger partial charge on any atom is -0.306 e. The molecule has 1 aliphatic heterocycles. The van der Waals surface area contributed by atoms with E-state index in [1.807, 2.05) is 0 Å². The topological polar surface area (TPSA) is 16.1 Å². The summed E-state index contributed by atoms with van der Waals surface area (Å²) < 4.78 is 0. The summed E-state index contributed by atoms with van der Waals surface area (Å²) in [5, 5.41) is 0. The SMILES string of the molecule is CN1CCC(c2ccc(C(C)(C)C)cn2)CC1. The molecule has 0 spiro atoms. The number of hydrogen-bond acceptors (Lipinski definition) is 2. The molecule has 1 fully saturated rings. The average molecular weight is 232 g/mol. The lowest BCUT2D eigenvalue weighted by atomic mass is 9.87. The monoisotopic (exact) mass is 232 g/mol. The van der Waals surface area contributed by atoms with E-state index in [1.165, 1.54) is 37.2 Å². The van der Waals surface area contributed by atoms with E-state index in [1.54, 1.807) is 0 Å². The van der Waals surface area contributed by atoms with Crippen LogP contribution in [0.1, 0.15) is 50.8 Å². The van der Waals surface area contributed by atoms with Gasteiger partial charge in [-0.3, -0.25) is 4.98 Å². The van der Waals surface area contributed by atoms with Gasteiger partial charge in [-0.05, 0) is 50.0 Å². The van der Waals surface area contributed by atoms with Crippen LogP contribution in [0.2, 0.25) is 0 Å². The number of piperidine rings is 1. The quantitative estimate of drug-likeness (QED) is 0.739. The fourth-order valence-electron chi connectivity index (χ4n) is 2.39. The van der Waals surface area contributed by atoms with Gasteiger partial charge in [0.1, 0.15) is 0 Å². The predicted octanol–water partition coefficient (Wildman–Crippen LogP) is 3.19. The van der Waals surface area contributed by atoms with Gasteiger partial charge in [0.2, 0.25) is 0 Å². The minimum absolute atomic E-state index is 0.207. The Hall–Kier alpha value is -0.890. The van der Waals surface area contributed by atoms with Gasteiger partial charge in [0.15, 0.2) is 0 Å². The molecule has 0 amide bonds. The normalized spacial score (nSPS) is 19.5. The molecule has 0 N–H and O–H groups in total. The fraction of sp³-hybridized carbons (Fsp3) is 0.667. The minimum atomic E-state index is 0.207. The molecule has 2 heterocycles. The highest BCUT2D eigenvalue weighted by molar-refractivity contribution is 5.23. The first kappa shape index (κ1) is 12.6. The van der Waals surface area contributed by atoms with Crippen LogP contribution in [0.4, 0.5) is 0 Å². The summed E-state index contributed by atoms with van der Waals surface area (Å²) in [6.07, 6.45) is 4.56. The number of hydrogen-bond donors (Lipinski definition) is 0. The smallest absolute Gasteiger partial charge is 0.0435 e. The van der Waals surface area contributed by atoms with Crippen LogP contribution in [0.3, 0.4) is 0 Å². The number of aromatic nitrogens is 1. The zero-order valence-corrected chi connectivity index (χ0v) is 11.5. The van der Waals surface area contributed by atoms with Gasteiger partial charge in [-0.15, -0.1) is 0 Å². The molecular weight excluding hydrogens is 208 g/mol. The average Bonchev–Trinajstić information content (AvgIpc) is 2.29. The lowest BCUT2D eigenvalue weighted by molar-refractivity contribution is 0.253. The Morgan fingerprint density at radius 1 is 1.18 bits per heavy atom. The Bertz CT molecular complexity index is 354. The lowest BCUT2D eigenvalue weighted by Gasteiger charge is -2.29. The molecule has 1 aromatic rings. The van der Waals surface area contributed by atoms with Gasteiger partial charge >= 0.3 is 0 Å². The van der Waals surface area contributed by atoms with E-state index in [-0.39, 0.29) is 5.41 Å². The van der Waals surface area contributed by atoms with E-state index < -0.39 is 0 Å². The molecule has 94 valence electrons. The Kier molecular flexibility index (Phi) is 3.53. The second-order valence-electron chi connectivity index (χ2n) is 6.30. The number of likely N-dealkylation sites (tertiary alicyclic amines) is 1. The first-order chi connectivity index (χ1) is 7.97. The molecule has 0 radical (unpaired) electrons. The van der Waals surface area contributed by atoms with Crippen molar-refractivity contribution in [2.45, 2.75) is 44.9 Å². The van der Waals surface area contributed by atoms with Crippen LogP contribution in [-0.4, -0.2) is 30.0 Å². The highest BCUT2D eigenvalue weighted by atomic mass is 15.1. The summed E-state index contributed by atoms with van der Waals surface area (Å²) >= 11 is 0. The van der Waals surface area contributed by atoms with E-state index in [0.717, 1.165) is 0 Å². The Balaban J connectivity index is 2.08. The van der Waals surface area contributed by atoms with Crippen LogP contribution in [-0.2, 0) is 5.41 Å². The molecule has 2 rings (SSSR count). The zero-order valence-electron chi connectivity index (χ0n) is 11.5. The Labute approximate surface area is 105 Å². The zero-order chi connectivity index (χ0) is 12.5. The molecule has 0 aromatic carbocycles. The maximum absolute atomic E-state index is 4.68. The van der Waals surface area contributed by atoms with Gasteiger partial charge < -0.3 is 4.90 Å². The van der Waals surface area contributed by atoms with Crippen molar-refractivity contribution in [3.63, 3.8) is 0 Å². The van der Waals surface area contributed by atoms with Crippen LogP contribution >= 0.6 is 0 Å². The standard InChI is InChI=1S/C15H24N2/c1-15(2,3)13-5-6-14(16-11-13)12-7-9-17(4)10-8-12/h5-6,11-12H,7-10H2,1-4H3.